The first kappa shape index (κ1) is 23.9. The van der Waals surface area contributed by atoms with Crippen LogP contribution >= 0.6 is 11.6 Å². The first-order valence-electron chi connectivity index (χ1n) is 11.4. The Morgan fingerprint density at radius 3 is 2.68 bits per heavy atom. The number of hydrogen-bond acceptors (Lipinski definition) is 7. The molecule has 8 nitrogen and oxygen atoms in total. The second kappa shape index (κ2) is 10.8. The van der Waals surface area contributed by atoms with Gasteiger partial charge in [-0.2, -0.15) is 0 Å². The Labute approximate surface area is 204 Å². The van der Waals surface area contributed by atoms with Crippen LogP contribution in [-0.2, 0) is 11.2 Å². The number of aryl methyl sites for hydroxylation is 1. The third-order valence-corrected chi connectivity index (χ3v) is 6.31. The summed E-state index contributed by atoms with van der Waals surface area (Å²) >= 11 is 6.21. The fourth-order valence-electron chi connectivity index (χ4n) is 4.26. The van der Waals surface area contributed by atoms with E-state index in [1.807, 2.05) is 18.2 Å². The number of benzene rings is 1. The minimum Gasteiger partial charge on any atom is -0.383 e. The van der Waals surface area contributed by atoms with E-state index in [0.29, 0.717) is 41.6 Å². The Morgan fingerprint density at radius 1 is 1.12 bits per heavy atom. The molecule has 0 spiro atoms. The number of halogens is 1. The maximum atomic E-state index is 13.2. The normalized spacial score (nSPS) is 14.4. The molecule has 0 unspecified atom stereocenters. The maximum absolute atomic E-state index is 13.2. The van der Waals surface area contributed by atoms with Crippen molar-refractivity contribution in [1.29, 1.82) is 0 Å². The van der Waals surface area contributed by atoms with Crippen LogP contribution in [0.2, 0.25) is 5.02 Å². The molecule has 1 aromatic carbocycles. The number of fused-ring (bicyclic) bond motifs is 1. The highest BCUT2D eigenvalue weighted by molar-refractivity contribution is 6.31. The zero-order valence-electron chi connectivity index (χ0n) is 19.3. The average Bonchev–Trinajstić information content (AvgIpc) is 2.83. The molecule has 178 valence electrons. The van der Waals surface area contributed by atoms with Gasteiger partial charge < -0.3 is 16.0 Å². The first-order chi connectivity index (χ1) is 16.4. The molecule has 0 saturated carbocycles. The number of aromatic nitrogens is 2. The van der Waals surface area contributed by atoms with Gasteiger partial charge in [0.2, 0.25) is 5.91 Å². The minimum absolute atomic E-state index is 0.0167. The van der Waals surface area contributed by atoms with Gasteiger partial charge in [0.05, 0.1) is 10.6 Å². The Morgan fingerprint density at radius 2 is 1.91 bits per heavy atom. The molecular weight excluding hydrogens is 452 g/mol. The molecule has 2 aromatic heterocycles. The van der Waals surface area contributed by atoms with Crippen molar-refractivity contribution in [3.05, 3.63) is 58.9 Å². The summed E-state index contributed by atoms with van der Waals surface area (Å²) in [5.74, 6) is 1.20. The quantitative estimate of drug-likeness (QED) is 0.477. The number of nitrogen functional groups attached to an aromatic ring is 1. The third kappa shape index (κ3) is 5.81. The monoisotopic (exact) mass is 480 g/mol. The predicted octanol–water partition coefficient (Wildman–Crippen LogP) is 2.94. The number of pyridine rings is 2. The minimum atomic E-state index is -0.0167. The van der Waals surface area contributed by atoms with Gasteiger partial charge in [0, 0.05) is 70.4 Å². The summed E-state index contributed by atoms with van der Waals surface area (Å²) in [6.07, 6.45) is 4.26. The molecule has 4 rings (SSSR count). The number of rotatable bonds is 8. The van der Waals surface area contributed by atoms with Crippen LogP contribution in [0.3, 0.4) is 0 Å². The number of carbonyl (C=O) groups is 2. The lowest BCUT2D eigenvalue weighted by atomic mass is 10.0. The van der Waals surface area contributed by atoms with Gasteiger partial charge in [-0.15, -0.1) is 0 Å². The van der Waals surface area contributed by atoms with Crippen LogP contribution in [-0.4, -0.2) is 65.8 Å². The molecule has 3 N–H and O–H groups in total. The summed E-state index contributed by atoms with van der Waals surface area (Å²) in [4.78, 5) is 37.4. The van der Waals surface area contributed by atoms with Crippen LogP contribution in [0, 0.1) is 0 Å². The summed E-state index contributed by atoms with van der Waals surface area (Å²) in [5.41, 5.74) is 7.57. The highest BCUT2D eigenvalue weighted by Gasteiger charge is 2.23. The van der Waals surface area contributed by atoms with Crippen molar-refractivity contribution in [3.63, 3.8) is 0 Å². The number of amides is 1. The second-order valence-electron chi connectivity index (χ2n) is 8.51. The summed E-state index contributed by atoms with van der Waals surface area (Å²) in [5, 5.41) is 5.21. The molecule has 0 atom stereocenters. The number of nitrogens with two attached hydrogens (primary N) is 1. The summed E-state index contributed by atoms with van der Waals surface area (Å²) < 4.78 is 0. The summed E-state index contributed by atoms with van der Waals surface area (Å²) in [6.45, 7) is 6.16. The van der Waals surface area contributed by atoms with Gasteiger partial charge in [0.1, 0.15) is 11.6 Å². The van der Waals surface area contributed by atoms with Gasteiger partial charge in [-0.1, -0.05) is 29.8 Å². The average molecular weight is 481 g/mol. The van der Waals surface area contributed by atoms with Crippen molar-refractivity contribution >= 4 is 45.7 Å². The number of anilines is 2. The topological polar surface area (TPSA) is 104 Å². The molecule has 34 heavy (non-hydrogen) atoms. The molecule has 0 radical (unpaired) electrons. The van der Waals surface area contributed by atoms with Gasteiger partial charge in [0.25, 0.3) is 0 Å². The molecule has 0 bridgehead atoms. The molecule has 1 aliphatic rings. The predicted molar refractivity (Wildman–Crippen MR) is 135 cm³/mol. The summed E-state index contributed by atoms with van der Waals surface area (Å²) in [6, 6.07) is 9.65. The number of hydrogen-bond donors (Lipinski definition) is 2. The van der Waals surface area contributed by atoms with Crippen molar-refractivity contribution in [1.82, 2.24) is 20.2 Å². The van der Waals surface area contributed by atoms with Crippen LogP contribution < -0.4 is 16.0 Å². The van der Waals surface area contributed by atoms with Gasteiger partial charge in [-0.25, -0.2) is 9.97 Å². The Bertz CT molecular complexity index is 1190. The van der Waals surface area contributed by atoms with E-state index in [0.717, 1.165) is 49.1 Å². The fourth-order valence-corrected chi connectivity index (χ4v) is 4.42. The van der Waals surface area contributed by atoms with Crippen LogP contribution in [0.15, 0.2) is 42.7 Å². The SMILES string of the molecule is CC(=O)NCCN1CCN(c2ncc(Cl)cc2C(=O)CCc2ccc3c(N)nccc3c2)CC1. The number of carbonyl (C=O) groups excluding carboxylic acids is 2. The van der Waals surface area contributed by atoms with E-state index in [-0.39, 0.29) is 11.7 Å². The molecule has 3 aromatic rings. The molecule has 3 heterocycles. The van der Waals surface area contributed by atoms with E-state index in [2.05, 4.69) is 31.2 Å². The van der Waals surface area contributed by atoms with Crippen LogP contribution in [0.25, 0.3) is 10.8 Å². The highest BCUT2D eigenvalue weighted by atomic mass is 35.5. The van der Waals surface area contributed by atoms with Crippen LogP contribution in [0.4, 0.5) is 11.6 Å². The van der Waals surface area contributed by atoms with E-state index in [9.17, 15) is 9.59 Å². The van der Waals surface area contributed by atoms with Crippen LogP contribution in [0.1, 0.15) is 29.3 Å². The Balaban J connectivity index is 1.41. The van der Waals surface area contributed by atoms with Crippen molar-refractivity contribution in [2.45, 2.75) is 19.8 Å². The van der Waals surface area contributed by atoms with E-state index < -0.39 is 0 Å². The largest absolute Gasteiger partial charge is 0.383 e. The summed E-state index contributed by atoms with van der Waals surface area (Å²) in [7, 11) is 0. The number of Topliss-reactive ketones (excluding diaryl/α,β-unsaturated/α-hetero) is 1. The van der Waals surface area contributed by atoms with E-state index in [1.165, 1.54) is 6.92 Å². The van der Waals surface area contributed by atoms with Gasteiger partial charge in [-0.05, 0) is 29.5 Å². The first-order valence-corrected chi connectivity index (χ1v) is 11.8. The lowest BCUT2D eigenvalue weighted by Gasteiger charge is -2.36. The van der Waals surface area contributed by atoms with E-state index in [1.54, 1.807) is 18.5 Å². The Hall–Kier alpha value is -3.23. The zero-order chi connectivity index (χ0) is 24.1. The van der Waals surface area contributed by atoms with Crippen molar-refractivity contribution < 1.29 is 9.59 Å². The third-order valence-electron chi connectivity index (χ3n) is 6.11. The molecule has 1 saturated heterocycles. The molecule has 1 aliphatic heterocycles. The molecule has 1 amide bonds. The maximum Gasteiger partial charge on any atom is 0.216 e. The van der Waals surface area contributed by atoms with Gasteiger partial charge in [-0.3, -0.25) is 14.5 Å². The van der Waals surface area contributed by atoms with Gasteiger partial charge in [0.15, 0.2) is 5.78 Å². The van der Waals surface area contributed by atoms with Gasteiger partial charge >= 0.3 is 0 Å². The molecular formula is C25H29ClN6O2. The van der Waals surface area contributed by atoms with E-state index >= 15 is 0 Å². The lowest BCUT2D eigenvalue weighted by Crippen LogP contribution is -2.49. The number of nitrogens with zero attached hydrogens (tertiary/aromatic N) is 4. The smallest absolute Gasteiger partial charge is 0.216 e. The molecule has 0 aliphatic carbocycles. The zero-order valence-corrected chi connectivity index (χ0v) is 20.0. The number of piperazine rings is 1. The molecule has 1 fully saturated rings. The second-order valence-corrected chi connectivity index (χ2v) is 8.95. The number of nitrogens with one attached hydrogen (secondary N) is 1. The van der Waals surface area contributed by atoms with Crippen molar-refractivity contribution in [2.75, 3.05) is 49.9 Å². The lowest BCUT2D eigenvalue weighted by molar-refractivity contribution is -0.119. The highest BCUT2D eigenvalue weighted by Crippen LogP contribution is 2.25. The fraction of sp³-hybridized carbons (Fsp3) is 0.360. The van der Waals surface area contributed by atoms with Crippen LogP contribution in [0.5, 0.6) is 0 Å². The van der Waals surface area contributed by atoms with Crippen molar-refractivity contribution in [3.8, 4) is 0 Å². The van der Waals surface area contributed by atoms with E-state index in [4.69, 9.17) is 17.3 Å². The Kier molecular flexibility index (Phi) is 7.59. The standard InChI is InChI=1S/C25H29ClN6O2/c1-17(33)28-8-9-31-10-12-32(13-11-31)25-22(15-20(26)16-30-25)23(34)5-3-18-2-4-21-19(14-18)6-7-29-24(21)27/h2,4,6-7,14-16H,3,5,8-13H2,1H3,(H2,27,29)(H,28,33). The number of ketones is 1. The molecule has 9 heteroatoms. The van der Waals surface area contributed by atoms with Crippen molar-refractivity contribution in [2.24, 2.45) is 0 Å².